The van der Waals surface area contributed by atoms with Crippen LogP contribution in [0.25, 0.3) is 0 Å². The summed E-state index contributed by atoms with van der Waals surface area (Å²) in [6.07, 6.45) is 0. The smallest absolute Gasteiger partial charge is 0.271 e. The second kappa shape index (κ2) is 2.74. The fourth-order valence-corrected chi connectivity index (χ4v) is 1.37. The Hall–Kier alpha value is -1.56. The highest BCUT2D eigenvalue weighted by molar-refractivity contribution is 5.95. The normalized spacial score (nSPS) is 15.4. The number of nitrogen functional groups attached to an aromatic ring is 1. The summed E-state index contributed by atoms with van der Waals surface area (Å²) in [6, 6.07) is 0. The number of primary amides is 1. The molecule has 70 valence electrons. The summed E-state index contributed by atoms with van der Waals surface area (Å²) in [5.41, 5.74) is 10.9. The number of nitrogens with zero attached hydrogens (tertiary/aromatic N) is 2. The number of nitrogens with two attached hydrogens (primary N) is 2. The van der Waals surface area contributed by atoms with Gasteiger partial charge in [0.05, 0.1) is 6.61 Å². The third-order valence-electron chi connectivity index (χ3n) is 2.01. The Bertz CT molecular complexity index is 358. The molecule has 0 aliphatic carbocycles. The maximum atomic E-state index is 10.9. The molecular formula is C7H10N4O2. The van der Waals surface area contributed by atoms with Gasteiger partial charge in [0, 0.05) is 6.54 Å². The highest BCUT2D eigenvalue weighted by atomic mass is 16.5. The zero-order chi connectivity index (χ0) is 9.42. The summed E-state index contributed by atoms with van der Waals surface area (Å²) in [4.78, 5) is 14.9. The Morgan fingerprint density at radius 3 is 3.00 bits per heavy atom. The first-order valence-electron chi connectivity index (χ1n) is 3.92. The second-order valence-electron chi connectivity index (χ2n) is 2.83. The molecule has 0 spiro atoms. The third-order valence-corrected chi connectivity index (χ3v) is 2.01. The van der Waals surface area contributed by atoms with Gasteiger partial charge in [0.25, 0.3) is 5.91 Å². The molecule has 1 aromatic heterocycles. The van der Waals surface area contributed by atoms with E-state index in [0.29, 0.717) is 31.4 Å². The quantitative estimate of drug-likeness (QED) is 0.587. The average molecular weight is 182 g/mol. The van der Waals surface area contributed by atoms with Crippen molar-refractivity contribution in [1.82, 2.24) is 9.55 Å². The monoisotopic (exact) mass is 182 g/mol. The maximum absolute atomic E-state index is 10.9. The van der Waals surface area contributed by atoms with Crippen LogP contribution in [0.5, 0.6) is 0 Å². The lowest BCUT2D eigenvalue weighted by molar-refractivity contribution is 0.0823. The fourth-order valence-electron chi connectivity index (χ4n) is 1.37. The highest BCUT2D eigenvalue weighted by Gasteiger charge is 2.20. The molecule has 2 heterocycles. The lowest BCUT2D eigenvalue weighted by atomic mass is 10.4. The molecule has 2 rings (SSSR count). The molecule has 0 fully saturated rings. The number of aromatic nitrogens is 2. The molecule has 0 saturated carbocycles. The molecule has 0 aromatic carbocycles. The molecule has 6 nitrogen and oxygen atoms in total. The van der Waals surface area contributed by atoms with E-state index in [9.17, 15) is 4.79 Å². The van der Waals surface area contributed by atoms with Crippen molar-refractivity contribution in [3.05, 3.63) is 11.5 Å². The molecule has 13 heavy (non-hydrogen) atoms. The van der Waals surface area contributed by atoms with Crippen molar-refractivity contribution in [2.75, 3.05) is 12.3 Å². The molecule has 0 atom stereocenters. The first-order valence-corrected chi connectivity index (χ1v) is 3.92. The number of carbonyl (C=O) groups is 1. The minimum absolute atomic E-state index is 0.139. The van der Waals surface area contributed by atoms with Crippen molar-refractivity contribution in [2.24, 2.45) is 5.73 Å². The Morgan fingerprint density at radius 2 is 2.38 bits per heavy atom. The molecule has 0 radical (unpaired) electrons. The maximum Gasteiger partial charge on any atom is 0.271 e. The molecular weight excluding hydrogens is 172 g/mol. The molecule has 1 aliphatic rings. The summed E-state index contributed by atoms with van der Waals surface area (Å²) in [5, 5.41) is 0. The van der Waals surface area contributed by atoms with Crippen molar-refractivity contribution in [1.29, 1.82) is 0 Å². The van der Waals surface area contributed by atoms with E-state index < -0.39 is 5.91 Å². The molecule has 1 aromatic rings. The SMILES string of the molecule is NC(=O)c1nc2n(c1N)CCOC2. The minimum Gasteiger partial charge on any atom is -0.383 e. The van der Waals surface area contributed by atoms with E-state index in [4.69, 9.17) is 16.2 Å². The minimum atomic E-state index is -0.598. The molecule has 0 unspecified atom stereocenters. The van der Waals surface area contributed by atoms with Crippen LogP contribution >= 0.6 is 0 Å². The van der Waals surface area contributed by atoms with Crippen molar-refractivity contribution < 1.29 is 9.53 Å². The molecule has 1 amide bonds. The summed E-state index contributed by atoms with van der Waals surface area (Å²) in [5.74, 6) is 0.405. The van der Waals surface area contributed by atoms with Crippen LogP contribution in [0.4, 0.5) is 5.82 Å². The van der Waals surface area contributed by atoms with Gasteiger partial charge in [-0.05, 0) is 0 Å². The lowest BCUT2D eigenvalue weighted by Gasteiger charge is -2.14. The number of ether oxygens (including phenoxy) is 1. The first-order chi connectivity index (χ1) is 6.20. The number of amides is 1. The van der Waals surface area contributed by atoms with Gasteiger partial charge in [-0.25, -0.2) is 4.98 Å². The van der Waals surface area contributed by atoms with E-state index in [0.717, 1.165) is 0 Å². The van der Waals surface area contributed by atoms with Crippen molar-refractivity contribution in [3.63, 3.8) is 0 Å². The Balaban J connectivity index is 2.50. The third kappa shape index (κ3) is 1.15. The highest BCUT2D eigenvalue weighted by Crippen LogP contribution is 2.17. The number of anilines is 1. The number of imidazole rings is 1. The van der Waals surface area contributed by atoms with Crippen LogP contribution in [0.3, 0.4) is 0 Å². The molecule has 4 N–H and O–H groups in total. The molecule has 1 aliphatic heterocycles. The van der Waals surface area contributed by atoms with Crippen LogP contribution in [-0.2, 0) is 17.9 Å². The van der Waals surface area contributed by atoms with Gasteiger partial charge in [-0.15, -0.1) is 0 Å². The van der Waals surface area contributed by atoms with E-state index in [-0.39, 0.29) is 5.69 Å². The Kier molecular flexibility index (Phi) is 1.70. The number of hydrogen-bond donors (Lipinski definition) is 2. The summed E-state index contributed by atoms with van der Waals surface area (Å²) in [7, 11) is 0. The first kappa shape index (κ1) is 8.06. The fraction of sp³-hybridized carbons (Fsp3) is 0.429. The number of hydrogen-bond acceptors (Lipinski definition) is 4. The van der Waals surface area contributed by atoms with Crippen LogP contribution in [0.15, 0.2) is 0 Å². The van der Waals surface area contributed by atoms with Crippen LogP contribution < -0.4 is 11.5 Å². The van der Waals surface area contributed by atoms with Gasteiger partial charge in [-0.1, -0.05) is 0 Å². The largest absolute Gasteiger partial charge is 0.383 e. The van der Waals surface area contributed by atoms with Gasteiger partial charge in [0.1, 0.15) is 18.2 Å². The van der Waals surface area contributed by atoms with E-state index in [1.54, 1.807) is 4.57 Å². The summed E-state index contributed by atoms with van der Waals surface area (Å²) in [6.45, 7) is 1.60. The van der Waals surface area contributed by atoms with E-state index in [1.807, 2.05) is 0 Å². The topological polar surface area (TPSA) is 96.2 Å². The van der Waals surface area contributed by atoms with Gasteiger partial charge in [-0.2, -0.15) is 0 Å². The standard InChI is InChI=1S/C7H10N4O2/c8-6-5(7(9)12)10-4-3-13-2-1-11(4)6/h1-3,8H2,(H2,9,12). The predicted octanol–water partition coefficient (Wildman–Crippen LogP) is -0.906. The van der Waals surface area contributed by atoms with Gasteiger partial charge < -0.3 is 20.8 Å². The number of carbonyl (C=O) groups excluding carboxylic acids is 1. The number of fused-ring (bicyclic) bond motifs is 1. The Morgan fingerprint density at radius 1 is 1.62 bits per heavy atom. The van der Waals surface area contributed by atoms with Crippen LogP contribution in [0, 0.1) is 0 Å². The molecule has 0 bridgehead atoms. The summed E-state index contributed by atoms with van der Waals surface area (Å²) < 4.78 is 6.91. The van der Waals surface area contributed by atoms with Gasteiger partial charge in [0.2, 0.25) is 0 Å². The zero-order valence-corrected chi connectivity index (χ0v) is 6.99. The van der Waals surface area contributed by atoms with E-state index in [1.165, 1.54) is 0 Å². The van der Waals surface area contributed by atoms with Crippen molar-refractivity contribution in [3.8, 4) is 0 Å². The lowest BCUT2D eigenvalue weighted by Crippen LogP contribution is -2.18. The van der Waals surface area contributed by atoms with Crippen LogP contribution in [0.2, 0.25) is 0 Å². The zero-order valence-electron chi connectivity index (χ0n) is 6.99. The van der Waals surface area contributed by atoms with Crippen LogP contribution in [0.1, 0.15) is 16.3 Å². The van der Waals surface area contributed by atoms with Gasteiger partial charge in [0.15, 0.2) is 5.69 Å². The average Bonchev–Trinajstić information content (AvgIpc) is 2.45. The molecule has 6 heteroatoms. The van der Waals surface area contributed by atoms with Gasteiger partial charge in [-0.3, -0.25) is 4.79 Å². The van der Waals surface area contributed by atoms with Crippen molar-refractivity contribution >= 4 is 11.7 Å². The van der Waals surface area contributed by atoms with E-state index >= 15 is 0 Å². The predicted molar refractivity (Wildman–Crippen MR) is 44.8 cm³/mol. The van der Waals surface area contributed by atoms with Crippen LogP contribution in [-0.4, -0.2) is 22.1 Å². The molecule has 0 saturated heterocycles. The number of rotatable bonds is 1. The van der Waals surface area contributed by atoms with E-state index in [2.05, 4.69) is 4.98 Å². The second-order valence-corrected chi connectivity index (χ2v) is 2.83. The summed E-state index contributed by atoms with van der Waals surface area (Å²) >= 11 is 0. The van der Waals surface area contributed by atoms with Gasteiger partial charge >= 0.3 is 0 Å². The van der Waals surface area contributed by atoms with Crippen molar-refractivity contribution in [2.45, 2.75) is 13.2 Å². The Labute approximate surface area is 74.5 Å².